The molecule has 0 saturated heterocycles. The van der Waals surface area contributed by atoms with Crippen molar-refractivity contribution >= 4 is 0 Å². The number of hydrogen-bond acceptors (Lipinski definition) is 4. The van der Waals surface area contributed by atoms with Crippen LogP contribution in [0.15, 0.2) is 18.2 Å². The van der Waals surface area contributed by atoms with E-state index in [9.17, 15) is 0 Å². The van der Waals surface area contributed by atoms with Crippen molar-refractivity contribution in [2.45, 2.75) is 31.7 Å². The molecular weight excluding hydrogens is 252 g/mol. The van der Waals surface area contributed by atoms with Gasteiger partial charge in [-0.15, -0.1) is 0 Å². The molecule has 2 saturated carbocycles. The zero-order valence-electron chi connectivity index (χ0n) is 12.3. The molecule has 0 amide bonds. The molecule has 4 nitrogen and oxygen atoms in total. The first kappa shape index (κ1) is 13.7. The average molecular weight is 276 g/mol. The summed E-state index contributed by atoms with van der Waals surface area (Å²) in [4.78, 5) is 0. The summed E-state index contributed by atoms with van der Waals surface area (Å²) in [5.41, 5.74) is 4.20. The smallest absolute Gasteiger partial charge is 0.122 e. The summed E-state index contributed by atoms with van der Waals surface area (Å²) in [5.74, 6) is 9.87. The van der Waals surface area contributed by atoms with Gasteiger partial charge < -0.3 is 9.47 Å². The summed E-state index contributed by atoms with van der Waals surface area (Å²) in [7, 11) is 3.36. The Bertz CT molecular complexity index is 455. The van der Waals surface area contributed by atoms with Crippen LogP contribution in [0.5, 0.6) is 11.5 Å². The Morgan fingerprint density at radius 3 is 2.25 bits per heavy atom. The topological polar surface area (TPSA) is 56.5 Å². The van der Waals surface area contributed by atoms with Gasteiger partial charge in [-0.05, 0) is 54.7 Å². The van der Waals surface area contributed by atoms with Crippen LogP contribution in [-0.4, -0.2) is 14.2 Å². The van der Waals surface area contributed by atoms with E-state index in [0.717, 1.165) is 23.3 Å². The molecule has 0 aliphatic heterocycles. The summed E-state index contributed by atoms with van der Waals surface area (Å²) < 4.78 is 10.7. The fraction of sp³-hybridized carbons (Fsp3) is 0.625. The van der Waals surface area contributed by atoms with Crippen molar-refractivity contribution in [1.82, 2.24) is 5.43 Å². The summed E-state index contributed by atoms with van der Waals surface area (Å²) in [5, 5.41) is 0. The van der Waals surface area contributed by atoms with Gasteiger partial charge in [0, 0.05) is 12.1 Å². The number of ether oxygens (including phenoxy) is 2. The van der Waals surface area contributed by atoms with Crippen LogP contribution < -0.4 is 20.7 Å². The third-order valence-corrected chi connectivity index (χ3v) is 5.13. The van der Waals surface area contributed by atoms with Gasteiger partial charge in [0.2, 0.25) is 0 Å². The molecule has 20 heavy (non-hydrogen) atoms. The Morgan fingerprint density at radius 1 is 1.10 bits per heavy atom. The van der Waals surface area contributed by atoms with E-state index in [0.29, 0.717) is 5.92 Å². The Morgan fingerprint density at radius 2 is 1.80 bits per heavy atom. The van der Waals surface area contributed by atoms with E-state index in [4.69, 9.17) is 15.3 Å². The predicted molar refractivity (Wildman–Crippen MR) is 78.5 cm³/mol. The van der Waals surface area contributed by atoms with E-state index < -0.39 is 0 Å². The fourth-order valence-electron chi connectivity index (χ4n) is 4.18. The van der Waals surface area contributed by atoms with E-state index in [1.165, 1.54) is 31.2 Å². The van der Waals surface area contributed by atoms with Crippen LogP contribution in [-0.2, 0) is 0 Å². The molecule has 1 aromatic rings. The van der Waals surface area contributed by atoms with Crippen molar-refractivity contribution in [3.63, 3.8) is 0 Å². The zero-order chi connectivity index (χ0) is 14.1. The maximum absolute atomic E-state index is 5.87. The molecule has 2 aliphatic carbocycles. The molecule has 0 aromatic heterocycles. The number of nitrogens with one attached hydrogen (secondary N) is 1. The minimum atomic E-state index is 0.189. The summed E-state index contributed by atoms with van der Waals surface area (Å²) in [6.07, 6.45) is 5.43. The maximum atomic E-state index is 5.87. The first-order valence-corrected chi connectivity index (χ1v) is 7.44. The molecule has 2 aliphatic rings. The molecule has 3 rings (SSSR count). The number of hydrazine groups is 1. The quantitative estimate of drug-likeness (QED) is 0.641. The SMILES string of the molecule is COc1cc(OC)cc(C(NN)C2CC3CCC2C3)c1. The Labute approximate surface area is 120 Å². The molecule has 0 heterocycles. The molecule has 4 unspecified atom stereocenters. The second-order valence-corrected chi connectivity index (χ2v) is 6.13. The van der Waals surface area contributed by atoms with Crippen LogP contribution in [0.2, 0.25) is 0 Å². The third-order valence-electron chi connectivity index (χ3n) is 5.13. The number of benzene rings is 1. The monoisotopic (exact) mass is 276 g/mol. The van der Waals surface area contributed by atoms with E-state index in [1.54, 1.807) is 14.2 Å². The highest BCUT2D eigenvalue weighted by molar-refractivity contribution is 5.40. The van der Waals surface area contributed by atoms with Crippen LogP contribution in [0.1, 0.15) is 37.3 Å². The minimum Gasteiger partial charge on any atom is -0.497 e. The second-order valence-electron chi connectivity index (χ2n) is 6.13. The number of hydrogen-bond donors (Lipinski definition) is 2. The molecular formula is C16H24N2O2. The Balaban J connectivity index is 1.88. The summed E-state index contributed by atoms with van der Waals surface area (Å²) >= 11 is 0. The van der Waals surface area contributed by atoms with Crippen molar-refractivity contribution < 1.29 is 9.47 Å². The lowest BCUT2D eigenvalue weighted by Crippen LogP contribution is -2.35. The maximum Gasteiger partial charge on any atom is 0.122 e. The first-order chi connectivity index (χ1) is 9.75. The van der Waals surface area contributed by atoms with Crippen LogP contribution in [0.4, 0.5) is 0 Å². The Hall–Kier alpha value is -1.26. The van der Waals surface area contributed by atoms with Crippen molar-refractivity contribution in [2.75, 3.05) is 14.2 Å². The van der Waals surface area contributed by atoms with Crippen LogP contribution in [0.3, 0.4) is 0 Å². The minimum absolute atomic E-state index is 0.189. The van der Waals surface area contributed by atoms with Crippen LogP contribution in [0.25, 0.3) is 0 Å². The van der Waals surface area contributed by atoms with Gasteiger partial charge in [0.25, 0.3) is 0 Å². The van der Waals surface area contributed by atoms with Gasteiger partial charge in [-0.3, -0.25) is 11.3 Å². The Kier molecular flexibility index (Phi) is 3.85. The van der Waals surface area contributed by atoms with E-state index in [-0.39, 0.29) is 6.04 Å². The molecule has 0 spiro atoms. The standard InChI is InChI=1S/C16H24N2O2/c1-19-13-7-12(8-14(9-13)20-2)16(18-17)15-6-10-3-4-11(15)5-10/h7-11,15-16,18H,3-6,17H2,1-2H3. The summed E-state index contributed by atoms with van der Waals surface area (Å²) in [6.45, 7) is 0. The van der Waals surface area contributed by atoms with Gasteiger partial charge in [0.15, 0.2) is 0 Å². The number of nitrogens with two attached hydrogens (primary N) is 1. The summed E-state index contributed by atoms with van der Waals surface area (Å²) in [6, 6.07) is 6.23. The molecule has 2 bridgehead atoms. The van der Waals surface area contributed by atoms with Crippen LogP contribution >= 0.6 is 0 Å². The third kappa shape index (κ3) is 2.38. The van der Waals surface area contributed by atoms with Crippen LogP contribution in [0, 0.1) is 17.8 Å². The first-order valence-electron chi connectivity index (χ1n) is 7.44. The van der Waals surface area contributed by atoms with Gasteiger partial charge in [-0.2, -0.15) is 0 Å². The van der Waals surface area contributed by atoms with Gasteiger partial charge in [0.05, 0.1) is 14.2 Å². The van der Waals surface area contributed by atoms with E-state index in [2.05, 4.69) is 17.6 Å². The highest BCUT2D eigenvalue weighted by Gasteiger charge is 2.43. The molecule has 3 N–H and O–H groups in total. The fourth-order valence-corrected chi connectivity index (χ4v) is 4.18. The molecule has 110 valence electrons. The van der Waals surface area contributed by atoms with E-state index >= 15 is 0 Å². The lowest BCUT2D eigenvalue weighted by atomic mass is 9.80. The van der Waals surface area contributed by atoms with Gasteiger partial charge in [-0.1, -0.05) is 6.42 Å². The van der Waals surface area contributed by atoms with Crippen molar-refractivity contribution in [3.05, 3.63) is 23.8 Å². The van der Waals surface area contributed by atoms with Gasteiger partial charge in [-0.25, -0.2) is 0 Å². The largest absolute Gasteiger partial charge is 0.497 e. The molecule has 1 aromatic carbocycles. The number of methoxy groups -OCH3 is 2. The normalized spacial score (nSPS) is 29.4. The van der Waals surface area contributed by atoms with Gasteiger partial charge in [0.1, 0.15) is 11.5 Å². The van der Waals surface area contributed by atoms with E-state index in [1.807, 2.05) is 6.07 Å². The molecule has 4 atom stereocenters. The predicted octanol–water partition coefficient (Wildman–Crippen LogP) is 2.64. The zero-order valence-corrected chi connectivity index (χ0v) is 12.3. The highest BCUT2D eigenvalue weighted by atomic mass is 16.5. The molecule has 0 radical (unpaired) electrons. The van der Waals surface area contributed by atoms with Crippen molar-refractivity contribution in [2.24, 2.45) is 23.6 Å². The van der Waals surface area contributed by atoms with Crippen molar-refractivity contribution in [1.29, 1.82) is 0 Å². The lowest BCUT2D eigenvalue weighted by molar-refractivity contribution is 0.251. The highest BCUT2D eigenvalue weighted by Crippen LogP contribution is 2.52. The van der Waals surface area contributed by atoms with Gasteiger partial charge >= 0.3 is 0 Å². The van der Waals surface area contributed by atoms with Crippen molar-refractivity contribution in [3.8, 4) is 11.5 Å². The molecule has 4 heteroatoms. The number of rotatable bonds is 5. The second kappa shape index (κ2) is 5.62. The number of fused-ring (bicyclic) bond motifs is 2. The lowest BCUT2D eigenvalue weighted by Gasteiger charge is -2.30. The average Bonchev–Trinajstić information content (AvgIpc) is 3.10. The molecule has 2 fully saturated rings.